The maximum absolute atomic E-state index is 12.7. The number of amides is 2. The Morgan fingerprint density at radius 2 is 1.55 bits per heavy atom. The van der Waals surface area contributed by atoms with E-state index in [4.69, 9.17) is 4.74 Å². The molecule has 4 rings (SSSR count). The number of likely N-dealkylation sites (N-methyl/N-ethyl adjacent to an activating group) is 1. The van der Waals surface area contributed by atoms with Gasteiger partial charge in [-0.1, -0.05) is 42.5 Å². The van der Waals surface area contributed by atoms with Gasteiger partial charge in [0.25, 0.3) is 0 Å². The lowest BCUT2D eigenvalue weighted by atomic mass is 10.1. The first-order chi connectivity index (χ1) is 14.1. The highest BCUT2D eigenvalue weighted by atomic mass is 16.6. The molecule has 0 N–H and O–H groups in total. The Morgan fingerprint density at radius 3 is 2.17 bits per heavy atom. The van der Waals surface area contributed by atoms with Crippen LogP contribution < -0.4 is 4.74 Å². The SMILES string of the molecule is CN1CCN(C(=O)CN(C(=O)Oc2ccc(-c3ccccc3)cc2)C2CC2)CC1. The fourth-order valence-electron chi connectivity index (χ4n) is 3.54. The van der Waals surface area contributed by atoms with E-state index in [9.17, 15) is 9.59 Å². The van der Waals surface area contributed by atoms with Gasteiger partial charge in [-0.15, -0.1) is 0 Å². The van der Waals surface area contributed by atoms with E-state index in [1.54, 1.807) is 17.0 Å². The molecule has 0 atom stereocenters. The fourth-order valence-corrected chi connectivity index (χ4v) is 3.54. The molecular weight excluding hydrogens is 366 g/mol. The van der Waals surface area contributed by atoms with Crippen molar-refractivity contribution in [3.63, 3.8) is 0 Å². The van der Waals surface area contributed by atoms with E-state index in [1.165, 1.54) is 0 Å². The van der Waals surface area contributed by atoms with Crippen molar-refractivity contribution in [2.45, 2.75) is 18.9 Å². The topological polar surface area (TPSA) is 53.1 Å². The van der Waals surface area contributed by atoms with Crippen LogP contribution >= 0.6 is 0 Å². The first kappa shape index (κ1) is 19.5. The normalized spacial score (nSPS) is 17.1. The summed E-state index contributed by atoms with van der Waals surface area (Å²) >= 11 is 0. The average Bonchev–Trinajstić information content (AvgIpc) is 3.58. The maximum atomic E-state index is 12.7. The van der Waals surface area contributed by atoms with Gasteiger partial charge in [-0.05, 0) is 43.1 Å². The summed E-state index contributed by atoms with van der Waals surface area (Å²) < 4.78 is 5.58. The predicted octanol–water partition coefficient (Wildman–Crippen LogP) is 3.09. The zero-order valence-electron chi connectivity index (χ0n) is 16.8. The smallest absolute Gasteiger partial charge is 0.410 e. The molecule has 2 aromatic carbocycles. The van der Waals surface area contributed by atoms with Gasteiger partial charge in [0.2, 0.25) is 5.91 Å². The van der Waals surface area contributed by atoms with Crippen LogP contribution in [-0.4, -0.2) is 72.5 Å². The summed E-state index contributed by atoms with van der Waals surface area (Å²) in [5.74, 6) is 0.494. The van der Waals surface area contributed by atoms with Crippen molar-refractivity contribution in [1.82, 2.24) is 14.7 Å². The second-order valence-electron chi connectivity index (χ2n) is 7.80. The van der Waals surface area contributed by atoms with Gasteiger partial charge in [-0.3, -0.25) is 9.69 Å². The monoisotopic (exact) mass is 393 g/mol. The minimum atomic E-state index is -0.442. The minimum Gasteiger partial charge on any atom is -0.410 e. The third-order valence-electron chi connectivity index (χ3n) is 5.55. The van der Waals surface area contributed by atoms with Gasteiger partial charge in [0, 0.05) is 32.2 Å². The third kappa shape index (κ3) is 4.95. The first-order valence-corrected chi connectivity index (χ1v) is 10.2. The molecule has 2 aliphatic rings. The van der Waals surface area contributed by atoms with Crippen molar-refractivity contribution >= 4 is 12.0 Å². The molecule has 2 amide bonds. The van der Waals surface area contributed by atoms with E-state index in [2.05, 4.69) is 11.9 Å². The van der Waals surface area contributed by atoms with Crippen molar-refractivity contribution in [1.29, 1.82) is 0 Å². The van der Waals surface area contributed by atoms with Crippen LogP contribution in [0, 0.1) is 0 Å². The number of piperazine rings is 1. The van der Waals surface area contributed by atoms with Crippen molar-refractivity contribution < 1.29 is 14.3 Å². The molecule has 0 bridgehead atoms. The van der Waals surface area contributed by atoms with E-state index in [0.717, 1.165) is 37.1 Å². The van der Waals surface area contributed by atoms with Crippen LogP contribution in [0.25, 0.3) is 11.1 Å². The quantitative estimate of drug-likeness (QED) is 0.783. The molecule has 152 valence electrons. The molecule has 0 spiro atoms. The molecule has 1 aliphatic heterocycles. The molecule has 0 unspecified atom stereocenters. The fraction of sp³-hybridized carbons (Fsp3) is 0.391. The lowest BCUT2D eigenvalue weighted by Gasteiger charge is -2.33. The Balaban J connectivity index is 1.37. The van der Waals surface area contributed by atoms with Crippen LogP contribution in [0.15, 0.2) is 54.6 Å². The summed E-state index contributed by atoms with van der Waals surface area (Å²) in [5.41, 5.74) is 2.18. The number of rotatable bonds is 5. The van der Waals surface area contributed by atoms with E-state index in [1.807, 2.05) is 47.4 Å². The summed E-state index contributed by atoms with van der Waals surface area (Å²) in [7, 11) is 2.05. The second kappa shape index (κ2) is 8.66. The van der Waals surface area contributed by atoms with Gasteiger partial charge in [-0.25, -0.2) is 4.79 Å². The molecule has 6 nitrogen and oxygen atoms in total. The van der Waals surface area contributed by atoms with E-state index in [0.29, 0.717) is 18.8 Å². The van der Waals surface area contributed by atoms with Crippen molar-refractivity contribution in [2.24, 2.45) is 0 Å². The maximum Gasteiger partial charge on any atom is 0.415 e. The molecule has 2 aromatic rings. The van der Waals surface area contributed by atoms with E-state index < -0.39 is 6.09 Å². The zero-order chi connectivity index (χ0) is 20.2. The highest BCUT2D eigenvalue weighted by Crippen LogP contribution is 2.28. The van der Waals surface area contributed by atoms with Gasteiger partial charge >= 0.3 is 6.09 Å². The lowest BCUT2D eigenvalue weighted by molar-refractivity contribution is -0.133. The van der Waals surface area contributed by atoms with Crippen LogP contribution in [0.3, 0.4) is 0 Å². The Hall–Kier alpha value is -2.86. The van der Waals surface area contributed by atoms with Gasteiger partial charge in [0.05, 0.1) is 0 Å². The highest BCUT2D eigenvalue weighted by Gasteiger charge is 2.36. The standard InChI is InChI=1S/C23H27N3O3/c1-24-13-15-25(16-14-24)22(27)17-26(20-9-10-20)23(28)29-21-11-7-19(8-12-21)18-5-3-2-4-6-18/h2-8,11-12,20H,9-10,13-17H2,1H3. The number of hydrogen-bond donors (Lipinski definition) is 0. The highest BCUT2D eigenvalue weighted by molar-refractivity contribution is 5.83. The van der Waals surface area contributed by atoms with Crippen molar-refractivity contribution in [3.8, 4) is 16.9 Å². The van der Waals surface area contributed by atoms with E-state index in [-0.39, 0.29) is 18.5 Å². The van der Waals surface area contributed by atoms with Gasteiger partial charge in [-0.2, -0.15) is 0 Å². The third-order valence-corrected chi connectivity index (χ3v) is 5.55. The molecule has 1 saturated heterocycles. The van der Waals surface area contributed by atoms with Crippen LogP contribution in [-0.2, 0) is 4.79 Å². The summed E-state index contributed by atoms with van der Waals surface area (Å²) in [4.78, 5) is 31.0. The molecule has 0 aromatic heterocycles. The van der Waals surface area contributed by atoms with Gasteiger partial charge in [0.1, 0.15) is 12.3 Å². The number of nitrogens with zero attached hydrogens (tertiary/aromatic N) is 3. The van der Waals surface area contributed by atoms with Crippen molar-refractivity contribution in [2.75, 3.05) is 39.8 Å². The van der Waals surface area contributed by atoms with Crippen LogP contribution in [0.1, 0.15) is 12.8 Å². The Labute approximate surface area is 171 Å². The minimum absolute atomic E-state index is 0.00127. The summed E-state index contributed by atoms with van der Waals surface area (Å²) in [5, 5.41) is 0. The number of ether oxygens (including phenoxy) is 1. The first-order valence-electron chi connectivity index (χ1n) is 10.2. The second-order valence-corrected chi connectivity index (χ2v) is 7.80. The summed E-state index contributed by atoms with van der Waals surface area (Å²) in [6.07, 6.45) is 1.42. The van der Waals surface area contributed by atoms with E-state index >= 15 is 0 Å². The number of carbonyl (C=O) groups is 2. The molecule has 0 radical (unpaired) electrons. The summed E-state index contributed by atoms with van der Waals surface area (Å²) in [6.45, 7) is 3.25. The molecule has 1 saturated carbocycles. The van der Waals surface area contributed by atoms with Crippen LogP contribution in [0.5, 0.6) is 5.75 Å². The molecule has 1 heterocycles. The molecule has 29 heavy (non-hydrogen) atoms. The molecular formula is C23H27N3O3. The van der Waals surface area contributed by atoms with Crippen LogP contribution in [0.2, 0.25) is 0 Å². The van der Waals surface area contributed by atoms with Gasteiger partial charge in [0.15, 0.2) is 0 Å². The average molecular weight is 393 g/mol. The molecule has 1 aliphatic carbocycles. The lowest BCUT2D eigenvalue weighted by Crippen LogP contribution is -2.51. The predicted molar refractivity (Wildman–Crippen MR) is 112 cm³/mol. The zero-order valence-corrected chi connectivity index (χ0v) is 16.8. The number of hydrogen-bond acceptors (Lipinski definition) is 4. The Kier molecular flexibility index (Phi) is 5.81. The van der Waals surface area contributed by atoms with Crippen molar-refractivity contribution in [3.05, 3.63) is 54.6 Å². The Morgan fingerprint density at radius 1 is 0.931 bits per heavy atom. The van der Waals surface area contributed by atoms with Gasteiger partial charge < -0.3 is 14.5 Å². The summed E-state index contributed by atoms with van der Waals surface area (Å²) in [6, 6.07) is 17.6. The largest absolute Gasteiger partial charge is 0.415 e. The number of benzene rings is 2. The molecule has 6 heteroatoms. The Bertz CT molecular complexity index is 841. The van der Waals surface area contributed by atoms with Crippen LogP contribution in [0.4, 0.5) is 4.79 Å². The number of carbonyl (C=O) groups excluding carboxylic acids is 2. The molecule has 2 fully saturated rings.